The number of fused-ring (bicyclic) bond motifs is 1. The number of aryl methyl sites for hydroxylation is 1. The van der Waals surface area contributed by atoms with Crippen LogP contribution < -0.4 is 4.90 Å². The summed E-state index contributed by atoms with van der Waals surface area (Å²) < 4.78 is 2.25. The smallest absolute Gasteiger partial charge is 0.146 e. The van der Waals surface area contributed by atoms with Gasteiger partial charge in [0.15, 0.2) is 0 Å². The Morgan fingerprint density at radius 2 is 1.89 bits per heavy atom. The molecule has 3 aliphatic rings. The SMILES string of the molecule is Cn1c(CN2CCCC2)nnc1[C@H]1CCCN(c2ncnc3c2CCC3)C1. The zero-order valence-electron chi connectivity index (χ0n) is 16.3. The van der Waals surface area contributed by atoms with Crippen LogP contribution in [0.15, 0.2) is 6.33 Å². The topological polar surface area (TPSA) is 63.0 Å². The van der Waals surface area contributed by atoms with Crippen molar-refractivity contribution in [1.29, 1.82) is 0 Å². The molecule has 2 aromatic heterocycles. The number of aromatic nitrogens is 5. The molecule has 0 saturated carbocycles. The molecule has 0 radical (unpaired) electrons. The minimum atomic E-state index is 0.426. The largest absolute Gasteiger partial charge is 0.356 e. The number of likely N-dealkylation sites (tertiary alicyclic amines) is 1. The van der Waals surface area contributed by atoms with Gasteiger partial charge in [0.1, 0.15) is 23.8 Å². The van der Waals surface area contributed by atoms with E-state index in [2.05, 4.69) is 41.6 Å². The van der Waals surface area contributed by atoms with Crippen LogP contribution in [0.25, 0.3) is 0 Å². The zero-order valence-corrected chi connectivity index (χ0v) is 16.3. The predicted molar refractivity (Wildman–Crippen MR) is 104 cm³/mol. The first kappa shape index (κ1) is 17.1. The lowest BCUT2D eigenvalue weighted by atomic mass is 9.96. The van der Waals surface area contributed by atoms with E-state index < -0.39 is 0 Å². The summed E-state index contributed by atoms with van der Waals surface area (Å²) in [4.78, 5) is 14.1. The van der Waals surface area contributed by atoms with E-state index in [9.17, 15) is 0 Å². The molecule has 27 heavy (non-hydrogen) atoms. The first-order valence-corrected chi connectivity index (χ1v) is 10.5. The van der Waals surface area contributed by atoms with Gasteiger partial charge in [0.2, 0.25) is 0 Å². The molecule has 4 heterocycles. The molecule has 1 aliphatic carbocycles. The fraction of sp³-hybridized carbons (Fsp3) is 0.700. The third-order valence-electron chi connectivity index (χ3n) is 6.50. The number of rotatable bonds is 4. The highest BCUT2D eigenvalue weighted by molar-refractivity contribution is 5.51. The minimum absolute atomic E-state index is 0.426. The highest BCUT2D eigenvalue weighted by atomic mass is 15.3. The van der Waals surface area contributed by atoms with Crippen molar-refractivity contribution in [2.75, 3.05) is 31.1 Å². The maximum atomic E-state index is 4.66. The lowest BCUT2D eigenvalue weighted by Crippen LogP contribution is -2.36. The van der Waals surface area contributed by atoms with Crippen LogP contribution in [0.5, 0.6) is 0 Å². The van der Waals surface area contributed by atoms with Crippen molar-refractivity contribution in [3.63, 3.8) is 0 Å². The van der Waals surface area contributed by atoms with E-state index in [0.29, 0.717) is 5.92 Å². The third-order valence-corrected chi connectivity index (χ3v) is 6.50. The Hall–Kier alpha value is -2.02. The maximum absolute atomic E-state index is 4.66. The molecule has 144 valence electrons. The quantitative estimate of drug-likeness (QED) is 0.824. The molecule has 0 amide bonds. The van der Waals surface area contributed by atoms with Crippen molar-refractivity contribution in [2.45, 2.75) is 57.4 Å². The first-order chi connectivity index (χ1) is 13.3. The van der Waals surface area contributed by atoms with E-state index in [1.54, 1.807) is 6.33 Å². The van der Waals surface area contributed by atoms with Gasteiger partial charge in [0.25, 0.3) is 0 Å². The minimum Gasteiger partial charge on any atom is -0.356 e. The molecule has 1 atom stereocenters. The second kappa shape index (κ2) is 7.19. The van der Waals surface area contributed by atoms with Gasteiger partial charge in [-0.05, 0) is 58.0 Å². The van der Waals surface area contributed by atoms with Gasteiger partial charge in [-0.25, -0.2) is 9.97 Å². The molecule has 0 aromatic carbocycles. The third kappa shape index (κ3) is 3.22. The molecule has 2 aromatic rings. The van der Waals surface area contributed by atoms with Gasteiger partial charge >= 0.3 is 0 Å². The first-order valence-electron chi connectivity index (χ1n) is 10.5. The van der Waals surface area contributed by atoms with Crippen molar-refractivity contribution in [3.05, 3.63) is 29.2 Å². The van der Waals surface area contributed by atoms with Crippen LogP contribution >= 0.6 is 0 Å². The van der Waals surface area contributed by atoms with E-state index >= 15 is 0 Å². The van der Waals surface area contributed by atoms with E-state index in [-0.39, 0.29) is 0 Å². The van der Waals surface area contributed by atoms with E-state index in [1.807, 2.05) is 0 Å². The van der Waals surface area contributed by atoms with E-state index in [1.165, 1.54) is 62.3 Å². The Labute approximate surface area is 160 Å². The number of hydrogen-bond donors (Lipinski definition) is 0. The van der Waals surface area contributed by atoms with Crippen LogP contribution in [0.1, 0.15) is 60.9 Å². The Morgan fingerprint density at radius 3 is 2.78 bits per heavy atom. The van der Waals surface area contributed by atoms with Crippen LogP contribution in [-0.4, -0.2) is 55.8 Å². The van der Waals surface area contributed by atoms with Crippen molar-refractivity contribution >= 4 is 5.82 Å². The standard InChI is InChI=1S/C20H29N7/c1-25-18(13-26-9-2-3-10-26)23-24-19(25)15-6-5-11-27(12-15)20-16-7-4-8-17(16)21-14-22-20/h14-15H,2-13H2,1H3/t15-/m0/s1. The van der Waals surface area contributed by atoms with Crippen molar-refractivity contribution < 1.29 is 0 Å². The average Bonchev–Trinajstić information content (AvgIpc) is 3.44. The summed E-state index contributed by atoms with van der Waals surface area (Å²) in [6.45, 7) is 5.38. The summed E-state index contributed by atoms with van der Waals surface area (Å²) in [5.41, 5.74) is 2.64. The number of hydrogen-bond acceptors (Lipinski definition) is 6. The molecule has 2 saturated heterocycles. The Kier molecular flexibility index (Phi) is 4.55. The molecule has 5 rings (SSSR count). The van der Waals surface area contributed by atoms with Gasteiger partial charge < -0.3 is 9.47 Å². The lowest BCUT2D eigenvalue weighted by molar-refractivity contribution is 0.317. The normalized spacial score (nSPS) is 23.1. The second-order valence-corrected chi connectivity index (χ2v) is 8.28. The molecule has 0 spiro atoms. The fourth-order valence-corrected chi connectivity index (χ4v) is 5.00. The summed E-state index contributed by atoms with van der Waals surface area (Å²) >= 11 is 0. The second-order valence-electron chi connectivity index (χ2n) is 8.28. The van der Waals surface area contributed by atoms with Crippen LogP contribution in [0.4, 0.5) is 5.82 Å². The number of piperidine rings is 1. The summed E-state index contributed by atoms with van der Waals surface area (Å²) in [5.74, 6) is 3.84. The molecule has 2 fully saturated rings. The molecule has 2 aliphatic heterocycles. The lowest BCUT2D eigenvalue weighted by Gasteiger charge is -2.34. The Bertz CT molecular complexity index is 809. The molecule has 0 unspecified atom stereocenters. The molecular weight excluding hydrogens is 338 g/mol. The maximum Gasteiger partial charge on any atom is 0.146 e. The van der Waals surface area contributed by atoms with Crippen LogP contribution in [0.3, 0.4) is 0 Å². The molecule has 0 bridgehead atoms. The van der Waals surface area contributed by atoms with Crippen LogP contribution in [-0.2, 0) is 26.4 Å². The monoisotopic (exact) mass is 367 g/mol. The Morgan fingerprint density at radius 1 is 1.00 bits per heavy atom. The molecule has 7 heteroatoms. The van der Waals surface area contributed by atoms with Gasteiger partial charge in [-0.3, -0.25) is 4.90 Å². The van der Waals surface area contributed by atoms with Gasteiger partial charge in [0.05, 0.1) is 6.54 Å². The Balaban J connectivity index is 1.34. The summed E-state index contributed by atoms with van der Waals surface area (Å²) in [5, 5.41) is 9.15. The van der Waals surface area contributed by atoms with Crippen molar-refractivity contribution in [2.24, 2.45) is 7.05 Å². The van der Waals surface area contributed by atoms with Gasteiger partial charge in [0, 0.05) is 37.3 Å². The number of anilines is 1. The van der Waals surface area contributed by atoms with Crippen LogP contribution in [0, 0.1) is 0 Å². The summed E-state index contributed by atoms with van der Waals surface area (Å²) in [6, 6.07) is 0. The molecular formula is C20H29N7. The average molecular weight is 368 g/mol. The number of nitrogens with zero attached hydrogens (tertiary/aromatic N) is 7. The molecule has 7 nitrogen and oxygen atoms in total. The van der Waals surface area contributed by atoms with Gasteiger partial charge in [-0.1, -0.05) is 0 Å². The highest BCUT2D eigenvalue weighted by Gasteiger charge is 2.29. The zero-order chi connectivity index (χ0) is 18.2. The van der Waals surface area contributed by atoms with E-state index in [0.717, 1.165) is 44.1 Å². The van der Waals surface area contributed by atoms with Crippen molar-refractivity contribution in [1.82, 2.24) is 29.6 Å². The molecule has 0 N–H and O–H groups in total. The van der Waals surface area contributed by atoms with Crippen molar-refractivity contribution in [3.8, 4) is 0 Å². The fourth-order valence-electron chi connectivity index (χ4n) is 5.00. The summed E-state index contributed by atoms with van der Waals surface area (Å²) in [6.07, 6.45) is 10.2. The van der Waals surface area contributed by atoms with Gasteiger partial charge in [-0.15, -0.1) is 10.2 Å². The van der Waals surface area contributed by atoms with Crippen LogP contribution in [0.2, 0.25) is 0 Å². The predicted octanol–water partition coefficient (Wildman–Crippen LogP) is 2.07. The summed E-state index contributed by atoms with van der Waals surface area (Å²) in [7, 11) is 2.14. The highest BCUT2D eigenvalue weighted by Crippen LogP contribution is 2.33. The van der Waals surface area contributed by atoms with Gasteiger partial charge in [-0.2, -0.15) is 0 Å². The van der Waals surface area contributed by atoms with E-state index in [4.69, 9.17) is 0 Å².